The van der Waals surface area contributed by atoms with Gasteiger partial charge >= 0.3 is 47.8 Å². The lowest BCUT2D eigenvalue weighted by Gasteiger charge is -2.73. The zero-order valence-electron chi connectivity index (χ0n) is 8.90. The molecule has 104 valence electrons. The summed E-state index contributed by atoms with van der Waals surface area (Å²) in [6.45, 7) is 0. The lowest BCUT2D eigenvalue weighted by atomic mass is 9.65. The van der Waals surface area contributed by atoms with Gasteiger partial charge in [0.05, 0.1) is 0 Å². The molecule has 1 saturated carbocycles. The predicted molar refractivity (Wildman–Crippen MR) is 41.2 cm³/mol. The average molecular weight is 288 g/mol. The van der Waals surface area contributed by atoms with Crippen molar-refractivity contribution in [2.75, 3.05) is 0 Å². The van der Waals surface area contributed by atoms with Gasteiger partial charge < -0.3 is 37.9 Å². The molecule has 5 rings (SSSR count). The molecule has 0 N–H and O–H groups in total. The van der Waals surface area contributed by atoms with E-state index in [4.69, 9.17) is 37.9 Å². The van der Waals surface area contributed by atoms with Crippen molar-refractivity contribution in [3.8, 4) is 0 Å². The largest absolute Gasteiger partial charge is 0.515 e. The zero-order chi connectivity index (χ0) is 14.0. The molecule has 12 nitrogen and oxygen atoms in total. The van der Waals surface area contributed by atoms with E-state index in [-0.39, 0.29) is 0 Å². The molecule has 0 bridgehead atoms. The number of ether oxygens (including phenoxy) is 8. The fourth-order valence-corrected chi connectivity index (χ4v) is 2.85. The second-order valence-electron chi connectivity index (χ2n) is 4.28. The van der Waals surface area contributed by atoms with E-state index < -0.39 is 47.8 Å². The van der Waals surface area contributed by atoms with E-state index in [0.29, 0.717) is 0 Å². The van der Waals surface area contributed by atoms with Crippen LogP contribution in [0.15, 0.2) is 0 Å². The molecule has 0 radical (unpaired) electrons. The molecule has 0 atom stereocenters. The van der Waals surface area contributed by atoms with E-state index in [2.05, 4.69) is 0 Å². The summed E-state index contributed by atoms with van der Waals surface area (Å²) in [5.41, 5.74) is 0. The highest BCUT2D eigenvalue weighted by Crippen LogP contribution is 2.76. The van der Waals surface area contributed by atoms with E-state index in [1.165, 1.54) is 0 Å². The second-order valence-corrected chi connectivity index (χ2v) is 4.28. The minimum absolute atomic E-state index is 1.16. The maximum Gasteiger partial charge on any atom is 0.515 e. The molecule has 4 aliphatic heterocycles. The Bertz CT molecular complexity index is 486. The van der Waals surface area contributed by atoms with Crippen molar-refractivity contribution in [1.82, 2.24) is 0 Å². The smallest absolute Gasteiger partial charge is 0.375 e. The summed E-state index contributed by atoms with van der Waals surface area (Å²) in [5, 5.41) is 0. The summed E-state index contributed by atoms with van der Waals surface area (Å²) in [7, 11) is 0. The molecule has 0 aromatic heterocycles. The normalized spacial score (nSPS) is 33.2. The van der Waals surface area contributed by atoms with Crippen LogP contribution < -0.4 is 0 Å². The summed E-state index contributed by atoms with van der Waals surface area (Å²) in [6, 6.07) is 0. The van der Waals surface area contributed by atoms with Gasteiger partial charge in [-0.2, -0.15) is 0 Å². The van der Waals surface area contributed by atoms with Crippen LogP contribution in [-0.4, -0.2) is 47.8 Å². The Morgan fingerprint density at radius 3 is 0.650 bits per heavy atom. The SMILES string of the molecule is O=C1OC2(O1)C1(OC(=O)O1)C1(OC(=O)O1)C21OC(=O)O1. The highest BCUT2D eigenvalue weighted by Gasteiger charge is 3.18. The number of rotatable bonds is 0. The lowest BCUT2D eigenvalue weighted by molar-refractivity contribution is -0.695. The van der Waals surface area contributed by atoms with Crippen molar-refractivity contribution in [2.24, 2.45) is 0 Å². The summed E-state index contributed by atoms with van der Waals surface area (Å²) < 4.78 is 37.6. The first-order valence-electron chi connectivity index (χ1n) is 5.08. The van der Waals surface area contributed by atoms with Crippen molar-refractivity contribution in [1.29, 1.82) is 0 Å². The molecule has 5 fully saturated rings. The Labute approximate surface area is 106 Å². The molecule has 4 saturated heterocycles. The maximum absolute atomic E-state index is 10.9. The third-order valence-corrected chi connectivity index (χ3v) is 3.55. The molecule has 1 aliphatic carbocycles. The Morgan fingerprint density at radius 1 is 0.400 bits per heavy atom. The van der Waals surface area contributed by atoms with E-state index >= 15 is 0 Å². The molecule has 4 spiro atoms. The van der Waals surface area contributed by atoms with Crippen molar-refractivity contribution in [3.63, 3.8) is 0 Å². The van der Waals surface area contributed by atoms with Crippen LogP contribution >= 0.6 is 0 Å². The Balaban J connectivity index is 1.64. The summed E-state index contributed by atoms with van der Waals surface area (Å²) in [4.78, 5) is 43.7. The topological polar surface area (TPSA) is 142 Å². The Morgan fingerprint density at radius 2 is 0.550 bits per heavy atom. The van der Waals surface area contributed by atoms with Crippen molar-refractivity contribution >= 4 is 24.6 Å². The summed E-state index contributed by atoms with van der Waals surface area (Å²) in [5.74, 6) is -9.00. The monoisotopic (exact) mass is 288 g/mol. The number of hydrogen-bond donors (Lipinski definition) is 0. The van der Waals surface area contributed by atoms with Crippen LogP contribution in [0.2, 0.25) is 0 Å². The van der Waals surface area contributed by atoms with E-state index in [1.807, 2.05) is 0 Å². The summed E-state index contributed by atoms with van der Waals surface area (Å²) >= 11 is 0. The van der Waals surface area contributed by atoms with Crippen LogP contribution in [0.4, 0.5) is 19.2 Å². The average Bonchev–Trinajstić information content (AvgIpc) is 2.22. The van der Waals surface area contributed by atoms with Crippen molar-refractivity contribution in [3.05, 3.63) is 0 Å². The lowest BCUT2D eigenvalue weighted by Crippen LogP contribution is -3.08. The van der Waals surface area contributed by atoms with Crippen LogP contribution in [0.5, 0.6) is 0 Å². The third kappa shape index (κ3) is 0.560. The fourth-order valence-electron chi connectivity index (χ4n) is 2.85. The van der Waals surface area contributed by atoms with E-state index in [9.17, 15) is 19.2 Å². The molecule has 20 heavy (non-hydrogen) atoms. The van der Waals surface area contributed by atoms with Gasteiger partial charge in [0.15, 0.2) is 0 Å². The summed E-state index contributed by atoms with van der Waals surface area (Å²) in [6.07, 6.45) is -4.66. The number of carbonyl (C=O) groups is 4. The molecule has 4 heterocycles. The van der Waals surface area contributed by atoms with Gasteiger partial charge in [-0.3, -0.25) is 0 Å². The highest BCUT2D eigenvalue weighted by atomic mass is 17.1. The molecule has 5 aliphatic rings. The van der Waals surface area contributed by atoms with Gasteiger partial charge in [0, 0.05) is 0 Å². The Kier molecular flexibility index (Phi) is 1.08. The highest BCUT2D eigenvalue weighted by molar-refractivity contribution is 5.81. The van der Waals surface area contributed by atoms with Crippen LogP contribution in [0.1, 0.15) is 0 Å². The number of fused-ring (bicyclic) bond motifs is 4. The molecule has 12 heteroatoms. The molecule has 0 unspecified atom stereocenters. The van der Waals surface area contributed by atoms with Gasteiger partial charge in [0.1, 0.15) is 0 Å². The molecular formula is C8O12. The standard InChI is InChI=1S/C8O12/c9-1-13-5(14-1)6(15-2(10)16-6)8(19-4(12)20-8)7(5)17-3(11)18-7. The predicted octanol–water partition coefficient (Wildman–Crippen LogP) is -0.548. The Hall–Kier alpha value is -2.92. The quantitative estimate of drug-likeness (QED) is 0.416. The van der Waals surface area contributed by atoms with E-state index in [1.54, 1.807) is 0 Å². The van der Waals surface area contributed by atoms with Gasteiger partial charge in [0.25, 0.3) is 0 Å². The first-order chi connectivity index (χ1) is 9.40. The van der Waals surface area contributed by atoms with Crippen LogP contribution in [0.3, 0.4) is 0 Å². The van der Waals surface area contributed by atoms with Crippen LogP contribution in [0, 0.1) is 0 Å². The molecule has 0 aromatic rings. The minimum Gasteiger partial charge on any atom is -0.375 e. The van der Waals surface area contributed by atoms with Gasteiger partial charge in [-0.15, -0.1) is 0 Å². The van der Waals surface area contributed by atoms with Crippen LogP contribution in [0.25, 0.3) is 0 Å². The fraction of sp³-hybridized carbons (Fsp3) is 0.500. The van der Waals surface area contributed by atoms with E-state index in [0.717, 1.165) is 0 Å². The van der Waals surface area contributed by atoms with Crippen molar-refractivity contribution < 1.29 is 57.1 Å². The van der Waals surface area contributed by atoms with Gasteiger partial charge in [0.2, 0.25) is 0 Å². The first kappa shape index (κ1) is 9.94. The second kappa shape index (κ2) is 2.17. The zero-order valence-corrected chi connectivity index (χ0v) is 8.90. The van der Waals surface area contributed by atoms with Crippen LogP contribution in [-0.2, 0) is 37.9 Å². The van der Waals surface area contributed by atoms with Gasteiger partial charge in [-0.05, 0) is 0 Å². The van der Waals surface area contributed by atoms with Crippen molar-refractivity contribution in [2.45, 2.75) is 23.1 Å². The van der Waals surface area contributed by atoms with Gasteiger partial charge in [-0.25, -0.2) is 19.2 Å². The molecular weight excluding hydrogens is 288 g/mol. The number of carbonyl (C=O) groups excluding carboxylic acids is 4. The first-order valence-corrected chi connectivity index (χ1v) is 5.08. The minimum atomic E-state index is -2.25. The third-order valence-electron chi connectivity index (χ3n) is 3.55. The van der Waals surface area contributed by atoms with Gasteiger partial charge in [-0.1, -0.05) is 0 Å². The number of hydrogen-bond acceptors (Lipinski definition) is 12. The molecule has 0 amide bonds. The maximum atomic E-state index is 10.9. The molecule has 0 aromatic carbocycles.